The van der Waals surface area contributed by atoms with Crippen molar-refractivity contribution in [3.63, 3.8) is 0 Å². The molecule has 1 unspecified atom stereocenters. The highest BCUT2D eigenvalue weighted by atomic mass is 16.7. The SMILES string of the molecule is CC#CCOc1ccc(C[C@H](NC(=O)[C@@H](/C=C/CCCCCCC(=O)CCCCC)[C@@](O)(CC(=O)O)C(=O)OC(C)OC(C)=O)C(=O)OC)cc1. The fraction of sp³-hybridized carbons (Fsp3) is 0.579. The number of carboxylic acids is 1. The maximum absolute atomic E-state index is 13.8. The van der Waals surface area contributed by atoms with E-state index in [4.69, 9.17) is 18.9 Å². The van der Waals surface area contributed by atoms with Gasteiger partial charge in [-0.1, -0.05) is 62.8 Å². The summed E-state index contributed by atoms with van der Waals surface area (Å²) in [6, 6.07) is 5.36. The van der Waals surface area contributed by atoms with Gasteiger partial charge in [-0.3, -0.25) is 19.2 Å². The van der Waals surface area contributed by atoms with Crippen LogP contribution in [0.5, 0.6) is 5.75 Å². The predicted octanol–water partition coefficient (Wildman–Crippen LogP) is 4.61. The van der Waals surface area contributed by atoms with Crippen LogP contribution in [0.2, 0.25) is 0 Å². The van der Waals surface area contributed by atoms with Crippen molar-refractivity contribution in [3.8, 4) is 17.6 Å². The first kappa shape index (κ1) is 44.3. The van der Waals surface area contributed by atoms with Crippen LogP contribution in [0.15, 0.2) is 36.4 Å². The number of carbonyl (C=O) groups excluding carboxylic acids is 5. The Morgan fingerprint density at radius 2 is 1.61 bits per heavy atom. The Morgan fingerprint density at radius 1 is 0.961 bits per heavy atom. The Morgan fingerprint density at radius 3 is 2.20 bits per heavy atom. The molecule has 0 saturated heterocycles. The van der Waals surface area contributed by atoms with Crippen LogP contribution >= 0.6 is 0 Å². The molecule has 1 amide bonds. The minimum Gasteiger partial charge on any atom is -0.481 e. The molecule has 0 radical (unpaired) electrons. The molecule has 0 bridgehead atoms. The van der Waals surface area contributed by atoms with Crippen LogP contribution in [0.1, 0.15) is 104 Å². The maximum Gasteiger partial charge on any atom is 0.342 e. The van der Waals surface area contributed by atoms with E-state index < -0.39 is 60.1 Å². The molecule has 0 saturated carbocycles. The van der Waals surface area contributed by atoms with Gasteiger partial charge in [0.05, 0.1) is 19.4 Å². The summed E-state index contributed by atoms with van der Waals surface area (Å²) >= 11 is 0. The van der Waals surface area contributed by atoms with Crippen molar-refractivity contribution in [2.75, 3.05) is 13.7 Å². The summed E-state index contributed by atoms with van der Waals surface area (Å²) in [7, 11) is 1.13. The summed E-state index contributed by atoms with van der Waals surface area (Å²) in [5.74, 6) is -1.41. The van der Waals surface area contributed by atoms with Crippen LogP contribution in [0.4, 0.5) is 0 Å². The molecular weight excluding hydrogens is 662 g/mol. The van der Waals surface area contributed by atoms with Crippen LogP contribution in [0, 0.1) is 17.8 Å². The molecule has 1 aromatic carbocycles. The van der Waals surface area contributed by atoms with Crippen molar-refractivity contribution in [3.05, 3.63) is 42.0 Å². The number of Topliss-reactive ketones (excluding diaryl/α,β-unsaturated/α-hetero) is 1. The minimum atomic E-state index is -2.97. The molecule has 0 aliphatic heterocycles. The standard InChI is InChI=1S/C38H53NO12/c1-6-8-14-17-30(41)18-15-12-10-11-13-16-19-32(38(47,26-34(42)43)37(46)51-28(4)50-27(3)40)35(44)39-33(36(45)48-5)25-29-20-22-31(23-21-29)49-24-9-7-2/h16,19-23,28,32-33,47H,6,8,10-15,17-18,24-26H2,1-5H3,(H,39,44)(H,42,43)/b19-16+/t28?,32-,33+,38+/m1/s1. The zero-order valence-electron chi connectivity index (χ0n) is 30.4. The number of nitrogens with one attached hydrogen (secondary N) is 1. The lowest BCUT2D eigenvalue weighted by Crippen LogP contribution is -2.56. The summed E-state index contributed by atoms with van der Waals surface area (Å²) < 4.78 is 20.3. The molecule has 0 heterocycles. The Bertz CT molecular complexity index is 1380. The molecule has 0 fully saturated rings. The average Bonchev–Trinajstić information content (AvgIpc) is 3.06. The Kier molecular flexibility index (Phi) is 21.2. The Balaban J connectivity index is 3.23. The third-order valence-corrected chi connectivity index (χ3v) is 7.79. The van der Waals surface area contributed by atoms with Crippen molar-refractivity contribution in [2.24, 2.45) is 5.92 Å². The Hall–Kier alpha value is -4.70. The van der Waals surface area contributed by atoms with Crippen molar-refractivity contribution in [1.29, 1.82) is 0 Å². The smallest absolute Gasteiger partial charge is 0.342 e. The van der Waals surface area contributed by atoms with Crippen molar-refractivity contribution in [1.82, 2.24) is 5.32 Å². The van der Waals surface area contributed by atoms with E-state index in [-0.39, 0.29) is 18.8 Å². The number of hydrogen-bond donors (Lipinski definition) is 3. The molecule has 1 aromatic rings. The monoisotopic (exact) mass is 715 g/mol. The van der Waals surface area contributed by atoms with Crippen molar-refractivity contribution < 1.29 is 57.9 Å². The molecule has 282 valence electrons. The molecule has 0 aliphatic rings. The van der Waals surface area contributed by atoms with E-state index >= 15 is 0 Å². The van der Waals surface area contributed by atoms with Crippen LogP contribution in [0.3, 0.4) is 0 Å². The fourth-order valence-electron chi connectivity index (χ4n) is 5.13. The van der Waals surface area contributed by atoms with Gasteiger partial charge in [-0.15, -0.1) is 5.92 Å². The second-order valence-corrected chi connectivity index (χ2v) is 12.1. The largest absolute Gasteiger partial charge is 0.481 e. The number of unbranched alkanes of at least 4 members (excludes halogenated alkanes) is 6. The number of ketones is 1. The minimum absolute atomic E-state index is 0.0592. The predicted molar refractivity (Wildman–Crippen MR) is 187 cm³/mol. The lowest BCUT2D eigenvalue weighted by molar-refractivity contribution is -0.203. The van der Waals surface area contributed by atoms with Crippen molar-refractivity contribution >= 4 is 35.6 Å². The number of carbonyl (C=O) groups is 6. The van der Waals surface area contributed by atoms with E-state index in [0.717, 1.165) is 52.6 Å². The van der Waals surface area contributed by atoms with Gasteiger partial charge in [-0.25, -0.2) is 9.59 Å². The highest BCUT2D eigenvalue weighted by Crippen LogP contribution is 2.28. The second-order valence-electron chi connectivity index (χ2n) is 12.1. The summed E-state index contributed by atoms with van der Waals surface area (Å²) in [4.78, 5) is 75.3. The summed E-state index contributed by atoms with van der Waals surface area (Å²) in [6.07, 6.45) is 7.39. The lowest BCUT2D eigenvalue weighted by Gasteiger charge is -2.32. The van der Waals surface area contributed by atoms with E-state index in [9.17, 15) is 39.0 Å². The summed E-state index contributed by atoms with van der Waals surface area (Å²) in [5, 5.41) is 23.8. The van der Waals surface area contributed by atoms with Gasteiger partial charge in [-0.2, -0.15) is 0 Å². The third-order valence-electron chi connectivity index (χ3n) is 7.79. The first-order chi connectivity index (χ1) is 24.3. The molecule has 13 heteroatoms. The van der Waals surface area contributed by atoms with Crippen molar-refractivity contribution in [2.45, 2.75) is 123 Å². The van der Waals surface area contributed by atoms with Gasteiger partial charge in [0.2, 0.25) is 12.2 Å². The first-order valence-corrected chi connectivity index (χ1v) is 17.3. The van der Waals surface area contributed by atoms with Gasteiger partial charge in [0.1, 0.15) is 24.2 Å². The zero-order valence-corrected chi connectivity index (χ0v) is 30.4. The van der Waals surface area contributed by atoms with Crippen LogP contribution in [-0.2, 0) is 49.4 Å². The Labute approximate surface area is 300 Å². The van der Waals surface area contributed by atoms with Crippen LogP contribution in [0.25, 0.3) is 0 Å². The molecular formula is C38H53NO12. The number of amides is 1. The molecule has 51 heavy (non-hydrogen) atoms. The summed E-state index contributed by atoms with van der Waals surface area (Å²) in [5.41, 5.74) is -2.37. The lowest BCUT2D eigenvalue weighted by atomic mass is 9.82. The molecule has 3 N–H and O–H groups in total. The van der Waals surface area contributed by atoms with Gasteiger partial charge in [0, 0.05) is 33.1 Å². The first-order valence-electron chi connectivity index (χ1n) is 17.3. The van der Waals surface area contributed by atoms with Crippen LogP contribution < -0.4 is 10.1 Å². The van der Waals surface area contributed by atoms with Gasteiger partial charge >= 0.3 is 23.9 Å². The van der Waals surface area contributed by atoms with E-state index in [1.54, 1.807) is 31.2 Å². The quantitative estimate of drug-likeness (QED) is 0.0420. The van der Waals surface area contributed by atoms with E-state index in [1.165, 1.54) is 19.1 Å². The van der Waals surface area contributed by atoms with E-state index in [2.05, 4.69) is 24.1 Å². The second kappa shape index (κ2) is 24.4. The molecule has 4 atom stereocenters. The number of methoxy groups -OCH3 is 1. The number of aliphatic hydroxyl groups is 1. The number of aliphatic carboxylic acids is 1. The number of ether oxygens (including phenoxy) is 4. The molecule has 13 nitrogen and oxygen atoms in total. The summed E-state index contributed by atoms with van der Waals surface area (Å²) in [6.45, 7) is 6.21. The van der Waals surface area contributed by atoms with Crippen LogP contribution in [-0.4, -0.2) is 77.4 Å². The molecule has 0 aliphatic carbocycles. The number of esters is 3. The number of carboxylic acid groups (broad SMARTS) is 1. The number of benzene rings is 1. The highest BCUT2D eigenvalue weighted by molar-refractivity contribution is 5.95. The average molecular weight is 716 g/mol. The maximum atomic E-state index is 13.8. The topological polar surface area (TPSA) is 192 Å². The molecule has 0 aromatic heterocycles. The van der Waals surface area contributed by atoms with E-state index in [1.807, 2.05) is 0 Å². The van der Waals surface area contributed by atoms with E-state index in [0.29, 0.717) is 37.0 Å². The van der Waals surface area contributed by atoms with Gasteiger partial charge in [0.15, 0.2) is 5.60 Å². The van der Waals surface area contributed by atoms with Gasteiger partial charge < -0.3 is 34.5 Å². The molecule has 0 spiro atoms. The molecule has 1 rings (SSSR count). The number of hydrogen-bond acceptors (Lipinski definition) is 11. The third kappa shape index (κ3) is 17.7. The van der Waals surface area contributed by atoms with Gasteiger partial charge in [0.25, 0.3) is 0 Å². The highest BCUT2D eigenvalue weighted by Gasteiger charge is 2.51. The zero-order chi connectivity index (χ0) is 38.2. The number of allylic oxidation sites excluding steroid dienone is 1. The number of rotatable bonds is 25. The fourth-order valence-corrected chi connectivity index (χ4v) is 5.13. The van der Waals surface area contributed by atoms with Gasteiger partial charge in [-0.05, 0) is 50.3 Å². The normalized spacial score (nSPS) is 13.8.